The number of nitrogens with two attached hydrogens (primary N) is 1. The maximum atomic E-state index is 13.5. The summed E-state index contributed by atoms with van der Waals surface area (Å²) < 4.78 is 0. The van der Waals surface area contributed by atoms with Crippen LogP contribution in [0.25, 0.3) is 10.9 Å². The summed E-state index contributed by atoms with van der Waals surface area (Å²) in [4.78, 5) is 54.2. The second-order valence-electron chi connectivity index (χ2n) is 9.35. The molecule has 208 valence electrons. The molecule has 4 atom stereocenters. The number of hydrogen-bond acceptors (Lipinski definition) is 6. The summed E-state index contributed by atoms with van der Waals surface area (Å²) >= 11 is 1.49. The maximum Gasteiger partial charge on any atom is 0.326 e. The van der Waals surface area contributed by atoms with Crippen molar-refractivity contribution in [3.63, 3.8) is 0 Å². The molecular formula is C28H35N5O5S. The number of amides is 3. The molecule has 0 fully saturated rings. The normalized spacial score (nSPS) is 14.1. The van der Waals surface area contributed by atoms with E-state index >= 15 is 0 Å². The molecule has 0 spiro atoms. The monoisotopic (exact) mass is 553 g/mol. The number of fused-ring (bicyclic) bond motifs is 1. The standard InChI is InChI=1S/C28H35N5O5S/c1-17(29)25(34)32-23(15-19-16-30-21-11-7-6-10-20(19)21)27(36)31-22(12-13-39-2)26(35)33-24(28(37)38)14-18-8-4-3-5-9-18/h3-11,16-17,22-24,30H,12-15,29H2,1-2H3,(H,31,36)(H,32,34)(H,33,35)(H,37,38). The number of nitrogens with one attached hydrogen (secondary N) is 4. The van der Waals surface area contributed by atoms with Gasteiger partial charge in [0, 0.05) is 29.9 Å². The van der Waals surface area contributed by atoms with Gasteiger partial charge >= 0.3 is 5.97 Å². The molecule has 7 N–H and O–H groups in total. The lowest BCUT2D eigenvalue weighted by molar-refractivity contribution is -0.142. The predicted molar refractivity (Wildman–Crippen MR) is 152 cm³/mol. The van der Waals surface area contributed by atoms with Gasteiger partial charge in [-0.05, 0) is 42.5 Å². The van der Waals surface area contributed by atoms with Gasteiger partial charge < -0.3 is 31.8 Å². The maximum absolute atomic E-state index is 13.5. The van der Waals surface area contributed by atoms with Crippen molar-refractivity contribution in [2.75, 3.05) is 12.0 Å². The first-order chi connectivity index (χ1) is 18.7. The number of aliphatic carboxylic acids is 1. The number of benzene rings is 2. The first kappa shape index (κ1) is 29.7. The third-order valence-electron chi connectivity index (χ3n) is 6.29. The van der Waals surface area contributed by atoms with Crippen molar-refractivity contribution in [2.24, 2.45) is 5.73 Å². The Kier molecular flexibility index (Phi) is 10.9. The molecule has 3 aromatic rings. The molecule has 2 aromatic carbocycles. The lowest BCUT2D eigenvalue weighted by Crippen LogP contribution is -2.57. The molecular weight excluding hydrogens is 518 g/mol. The van der Waals surface area contributed by atoms with Crippen LogP contribution in [-0.2, 0) is 32.0 Å². The number of aromatic amines is 1. The van der Waals surface area contributed by atoms with E-state index in [4.69, 9.17) is 5.73 Å². The van der Waals surface area contributed by atoms with Crippen molar-refractivity contribution >= 4 is 46.4 Å². The van der Waals surface area contributed by atoms with E-state index in [-0.39, 0.29) is 19.3 Å². The zero-order valence-corrected chi connectivity index (χ0v) is 22.8. The molecule has 39 heavy (non-hydrogen) atoms. The Bertz CT molecular complexity index is 1280. The Hall–Kier alpha value is -3.83. The number of H-pyrrole nitrogens is 1. The molecule has 10 nitrogen and oxygen atoms in total. The minimum absolute atomic E-state index is 0.0960. The lowest BCUT2D eigenvalue weighted by Gasteiger charge is -2.25. The van der Waals surface area contributed by atoms with Crippen LogP contribution < -0.4 is 21.7 Å². The van der Waals surface area contributed by atoms with Crippen molar-refractivity contribution in [1.82, 2.24) is 20.9 Å². The Balaban J connectivity index is 1.78. The van der Waals surface area contributed by atoms with Crippen molar-refractivity contribution in [1.29, 1.82) is 0 Å². The number of para-hydroxylation sites is 1. The smallest absolute Gasteiger partial charge is 0.326 e. The van der Waals surface area contributed by atoms with Crippen molar-refractivity contribution in [2.45, 2.75) is 50.4 Å². The Labute approximate surface area is 231 Å². The number of carbonyl (C=O) groups excluding carboxylic acids is 3. The van der Waals surface area contributed by atoms with Gasteiger partial charge in [0.2, 0.25) is 17.7 Å². The number of aromatic nitrogens is 1. The molecule has 0 saturated carbocycles. The van der Waals surface area contributed by atoms with E-state index < -0.39 is 47.9 Å². The highest BCUT2D eigenvalue weighted by Gasteiger charge is 2.30. The van der Waals surface area contributed by atoms with E-state index in [1.165, 1.54) is 18.7 Å². The minimum Gasteiger partial charge on any atom is -0.480 e. The summed E-state index contributed by atoms with van der Waals surface area (Å²) in [5, 5.41) is 18.6. The van der Waals surface area contributed by atoms with Crippen LogP contribution in [0.2, 0.25) is 0 Å². The fraction of sp³-hybridized carbons (Fsp3) is 0.357. The van der Waals surface area contributed by atoms with Crippen LogP contribution in [0.1, 0.15) is 24.5 Å². The molecule has 1 aromatic heterocycles. The zero-order valence-electron chi connectivity index (χ0n) is 22.0. The van der Waals surface area contributed by atoms with Crippen LogP contribution in [0.15, 0.2) is 60.8 Å². The van der Waals surface area contributed by atoms with Crippen LogP contribution in [0.5, 0.6) is 0 Å². The van der Waals surface area contributed by atoms with Gasteiger partial charge in [-0.3, -0.25) is 14.4 Å². The molecule has 0 saturated heterocycles. The van der Waals surface area contributed by atoms with Crippen LogP contribution in [0, 0.1) is 0 Å². The number of rotatable bonds is 14. The second-order valence-corrected chi connectivity index (χ2v) is 10.3. The van der Waals surface area contributed by atoms with E-state index in [2.05, 4.69) is 20.9 Å². The molecule has 0 aliphatic rings. The lowest BCUT2D eigenvalue weighted by atomic mass is 10.0. The molecule has 0 bridgehead atoms. The predicted octanol–water partition coefficient (Wildman–Crippen LogP) is 1.59. The van der Waals surface area contributed by atoms with E-state index in [1.54, 1.807) is 30.5 Å². The van der Waals surface area contributed by atoms with E-state index in [1.807, 2.05) is 36.6 Å². The highest BCUT2D eigenvalue weighted by atomic mass is 32.2. The molecule has 0 radical (unpaired) electrons. The van der Waals surface area contributed by atoms with E-state index in [9.17, 15) is 24.3 Å². The van der Waals surface area contributed by atoms with Crippen LogP contribution in [0.3, 0.4) is 0 Å². The molecule has 0 aliphatic carbocycles. The van der Waals surface area contributed by atoms with Crippen molar-refractivity contribution in [3.05, 3.63) is 71.9 Å². The van der Waals surface area contributed by atoms with Crippen LogP contribution in [-0.4, -0.2) is 70.0 Å². The van der Waals surface area contributed by atoms with Gasteiger partial charge in [-0.25, -0.2) is 4.79 Å². The SMILES string of the molecule is CSCCC(NC(=O)C(Cc1c[nH]c2ccccc12)NC(=O)C(C)N)C(=O)NC(Cc1ccccc1)C(=O)O. The fourth-order valence-corrected chi connectivity index (χ4v) is 4.60. The van der Waals surface area contributed by atoms with Gasteiger partial charge in [0.25, 0.3) is 0 Å². The third-order valence-corrected chi connectivity index (χ3v) is 6.93. The molecule has 0 aliphatic heterocycles. The summed E-state index contributed by atoms with van der Waals surface area (Å²) in [7, 11) is 0. The van der Waals surface area contributed by atoms with Crippen molar-refractivity contribution < 1.29 is 24.3 Å². The highest BCUT2D eigenvalue weighted by Crippen LogP contribution is 2.19. The van der Waals surface area contributed by atoms with E-state index in [0.29, 0.717) is 5.75 Å². The van der Waals surface area contributed by atoms with Gasteiger partial charge in [0.15, 0.2) is 0 Å². The first-order valence-corrected chi connectivity index (χ1v) is 14.1. The molecule has 3 amide bonds. The Morgan fingerprint density at radius 3 is 2.15 bits per heavy atom. The van der Waals surface area contributed by atoms with Gasteiger partial charge in [-0.15, -0.1) is 0 Å². The number of carbonyl (C=O) groups is 4. The summed E-state index contributed by atoms with van der Waals surface area (Å²) in [6, 6.07) is 12.5. The van der Waals surface area contributed by atoms with Gasteiger partial charge in [-0.1, -0.05) is 48.5 Å². The average Bonchev–Trinajstić information content (AvgIpc) is 3.33. The number of hydrogen-bond donors (Lipinski definition) is 6. The summed E-state index contributed by atoms with van der Waals surface area (Å²) in [5.74, 6) is -2.30. The summed E-state index contributed by atoms with van der Waals surface area (Å²) in [6.45, 7) is 1.52. The quantitative estimate of drug-likeness (QED) is 0.176. The Morgan fingerprint density at radius 2 is 1.49 bits per heavy atom. The summed E-state index contributed by atoms with van der Waals surface area (Å²) in [6.07, 6.45) is 4.18. The minimum atomic E-state index is -1.18. The van der Waals surface area contributed by atoms with Gasteiger partial charge in [-0.2, -0.15) is 11.8 Å². The first-order valence-electron chi connectivity index (χ1n) is 12.7. The van der Waals surface area contributed by atoms with Crippen LogP contribution in [0.4, 0.5) is 0 Å². The van der Waals surface area contributed by atoms with Gasteiger partial charge in [0.05, 0.1) is 6.04 Å². The number of thioether (sulfide) groups is 1. The summed E-state index contributed by atoms with van der Waals surface area (Å²) in [5.41, 5.74) is 8.20. The van der Waals surface area contributed by atoms with E-state index in [0.717, 1.165) is 22.0 Å². The highest BCUT2D eigenvalue weighted by molar-refractivity contribution is 7.98. The van der Waals surface area contributed by atoms with Crippen molar-refractivity contribution in [3.8, 4) is 0 Å². The molecule has 1 heterocycles. The molecule has 11 heteroatoms. The largest absolute Gasteiger partial charge is 0.480 e. The number of carboxylic acid groups (broad SMARTS) is 1. The topological polar surface area (TPSA) is 166 Å². The molecule has 3 rings (SSSR count). The number of carboxylic acids is 1. The van der Waals surface area contributed by atoms with Crippen LogP contribution >= 0.6 is 11.8 Å². The zero-order chi connectivity index (χ0) is 28.4. The molecule has 4 unspecified atom stereocenters. The second kappa shape index (κ2) is 14.4. The van der Waals surface area contributed by atoms with Gasteiger partial charge in [0.1, 0.15) is 18.1 Å². The fourth-order valence-electron chi connectivity index (χ4n) is 4.13. The third kappa shape index (κ3) is 8.59. The average molecular weight is 554 g/mol. The Morgan fingerprint density at radius 1 is 0.872 bits per heavy atom.